The van der Waals surface area contributed by atoms with Crippen LogP contribution in [0.1, 0.15) is 32.4 Å². The van der Waals surface area contributed by atoms with E-state index in [1.54, 1.807) is 6.92 Å². The van der Waals surface area contributed by atoms with Gasteiger partial charge in [0, 0.05) is 25.3 Å². The molecule has 0 bridgehead atoms. The van der Waals surface area contributed by atoms with Gasteiger partial charge in [-0.05, 0) is 38.5 Å². The van der Waals surface area contributed by atoms with Crippen LogP contribution in [0.2, 0.25) is 0 Å². The smallest absolute Gasteiger partial charge is 0.338 e. The highest BCUT2D eigenvalue weighted by atomic mass is 16.5. The van der Waals surface area contributed by atoms with Gasteiger partial charge in [-0.2, -0.15) is 0 Å². The van der Waals surface area contributed by atoms with Crippen molar-refractivity contribution in [2.75, 3.05) is 39.5 Å². The highest BCUT2D eigenvalue weighted by molar-refractivity contribution is 5.95. The van der Waals surface area contributed by atoms with Gasteiger partial charge in [-0.15, -0.1) is 0 Å². The summed E-state index contributed by atoms with van der Waals surface area (Å²) in [5.74, 6) is 0.301. The number of urea groups is 1. The van der Waals surface area contributed by atoms with Crippen molar-refractivity contribution in [3.63, 3.8) is 0 Å². The first-order valence-corrected chi connectivity index (χ1v) is 10.0. The minimum absolute atomic E-state index is 0.0644. The van der Waals surface area contributed by atoms with Gasteiger partial charge in [0.2, 0.25) is 0 Å². The summed E-state index contributed by atoms with van der Waals surface area (Å²) in [6.45, 7) is 9.15. The van der Waals surface area contributed by atoms with Crippen LogP contribution in [0, 0.1) is 0 Å². The molecule has 2 amide bonds. The molecule has 2 N–H and O–H groups in total. The first-order valence-electron chi connectivity index (χ1n) is 10.0. The van der Waals surface area contributed by atoms with E-state index in [0.717, 1.165) is 24.4 Å². The van der Waals surface area contributed by atoms with E-state index >= 15 is 0 Å². The molecule has 0 unspecified atom stereocenters. The number of carbonyl (C=O) groups excluding carboxylic acids is 2. The number of nitrogens with zero attached hydrogens (tertiary/aromatic N) is 1. The Morgan fingerprint density at radius 2 is 1.93 bits per heavy atom. The Morgan fingerprint density at radius 1 is 1.24 bits per heavy atom. The summed E-state index contributed by atoms with van der Waals surface area (Å²) >= 11 is 0. The summed E-state index contributed by atoms with van der Waals surface area (Å²) in [4.78, 5) is 27.3. The largest absolute Gasteiger partial charge is 0.491 e. The molecule has 8 nitrogen and oxygen atoms in total. The van der Waals surface area contributed by atoms with Crippen LogP contribution in [0.15, 0.2) is 35.5 Å². The van der Waals surface area contributed by atoms with Crippen molar-refractivity contribution in [3.05, 3.63) is 41.1 Å². The summed E-state index contributed by atoms with van der Waals surface area (Å²) in [5.41, 5.74) is 1.79. The summed E-state index contributed by atoms with van der Waals surface area (Å²) in [5, 5.41) is 5.67. The van der Waals surface area contributed by atoms with E-state index in [2.05, 4.69) is 15.5 Å². The minimum atomic E-state index is -0.591. The van der Waals surface area contributed by atoms with Gasteiger partial charge in [-0.1, -0.05) is 12.1 Å². The van der Waals surface area contributed by atoms with Crippen LogP contribution in [0.5, 0.6) is 5.75 Å². The molecule has 0 radical (unpaired) electrons. The number of esters is 1. The molecule has 8 heteroatoms. The lowest BCUT2D eigenvalue weighted by Crippen LogP contribution is -2.49. The zero-order valence-corrected chi connectivity index (χ0v) is 17.2. The normalized spacial score (nSPS) is 20.3. The molecule has 158 valence electrons. The number of rotatable bonds is 7. The molecule has 1 atom stereocenters. The number of morpholine rings is 1. The molecule has 3 rings (SSSR count). The number of hydrogen-bond donors (Lipinski definition) is 2. The van der Waals surface area contributed by atoms with Crippen molar-refractivity contribution in [2.45, 2.75) is 32.9 Å². The Bertz CT molecular complexity index is 754. The minimum Gasteiger partial charge on any atom is -0.491 e. The van der Waals surface area contributed by atoms with E-state index in [-0.39, 0.29) is 18.7 Å². The molecule has 0 aliphatic carbocycles. The van der Waals surface area contributed by atoms with Crippen molar-refractivity contribution in [2.24, 2.45) is 0 Å². The zero-order valence-electron chi connectivity index (χ0n) is 17.2. The maximum absolute atomic E-state index is 12.8. The Labute approximate surface area is 171 Å². The molecule has 2 aliphatic heterocycles. The first kappa shape index (κ1) is 21.1. The zero-order chi connectivity index (χ0) is 20.8. The molecule has 2 heterocycles. The Kier molecular flexibility index (Phi) is 7.11. The monoisotopic (exact) mass is 403 g/mol. The first-order chi connectivity index (χ1) is 14.0. The predicted molar refractivity (Wildman–Crippen MR) is 108 cm³/mol. The van der Waals surface area contributed by atoms with Crippen molar-refractivity contribution in [3.8, 4) is 5.75 Å². The second-order valence-corrected chi connectivity index (χ2v) is 7.27. The molecule has 0 spiro atoms. The lowest BCUT2D eigenvalue weighted by Gasteiger charge is -2.33. The molecule has 1 saturated heterocycles. The highest BCUT2D eigenvalue weighted by Crippen LogP contribution is 2.29. The van der Waals surface area contributed by atoms with Crippen LogP contribution >= 0.6 is 0 Å². The molecule has 0 aromatic heterocycles. The number of amides is 2. The van der Waals surface area contributed by atoms with Gasteiger partial charge >= 0.3 is 12.0 Å². The van der Waals surface area contributed by atoms with Gasteiger partial charge in [0.15, 0.2) is 0 Å². The number of hydrogen-bond acceptors (Lipinski definition) is 6. The van der Waals surface area contributed by atoms with E-state index in [0.29, 0.717) is 31.0 Å². The Hall–Kier alpha value is -2.58. The molecule has 2 aliphatic rings. The number of benzene rings is 1. The Morgan fingerprint density at radius 3 is 2.55 bits per heavy atom. The van der Waals surface area contributed by atoms with Crippen molar-refractivity contribution in [1.82, 2.24) is 15.5 Å². The van der Waals surface area contributed by atoms with Crippen LogP contribution in [0.3, 0.4) is 0 Å². The van der Waals surface area contributed by atoms with Gasteiger partial charge in [0.05, 0.1) is 37.5 Å². The van der Waals surface area contributed by atoms with Crippen LogP contribution in [0.25, 0.3) is 0 Å². The molecule has 1 fully saturated rings. The topological polar surface area (TPSA) is 89.1 Å². The van der Waals surface area contributed by atoms with Gasteiger partial charge in [-0.3, -0.25) is 4.90 Å². The van der Waals surface area contributed by atoms with E-state index in [9.17, 15) is 9.59 Å². The quantitative estimate of drug-likeness (QED) is 0.677. The lowest BCUT2D eigenvalue weighted by molar-refractivity contribution is -0.139. The average molecular weight is 403 g/mol. The highest BCUT2D eigenvalue weighted by Gasteiger charge is 2.34. The van der Waals surface area contributed by atoms with E-state index in [1.165, 1.54) is 0 Å². The SMILES string of the molecule is CCOC(=O)C1=C(CN2CCOCC2)NC(=O)N[C@H]1c1ccc(OC(C)C)cc1. The fourth-order valence-corrected chi connectivity index (χ4v) is 3.44. The van der Waals surface area contributed by atoms with E-state index in [1.807, 2.05) is 38.1 Å². The summed E-state index contributed by atoms with van der Waals surface area (Å²) in [7, 11) is 0. The van der Waals surface area contributed by atoms with Crippen LogP contribution in [-0.2, 0) is 14.3 Å². The molecule has 1 aromatic rings. The van der Waals surface area contributed by atoms with Crippen LogP contribution in [-0.4, -0.2) is 62.5 Å². The fraction of sp³-hybridized carbons (Fsp3) is 0.524. The number of nitrogens with one attached hydrogen (secondary N) is 2. The molecule has 29 heavy (non-hydrogen) atoms. The summed E-state index contributed by atoms with van der Waals surface area (Å²) < 4.78 is 16.4. The molecular weight excluding hydrogens is 374 g/mol. The second-order valence-electron chi connectivity index (χ2n) is 7.27. The fourth-order valence-electron chi connectivity index (χ4n) is 3.44. The van der Waals surface area contributed by atoms with Gasteiger partial charge in [-0.25, -0.2) is 9.59 Å². The predicted octanol–water partition coefficient (Wildman–Crippen LogP) is 1.98. The number of ether oxygens (including phenoxy) is 3. The lowest BCUT2D eigenvalue weighted by atomic mass is 9.95. The van der Waals surface area contributed by atoms with Gasteiger partial charge in [0.1, 0.15) is 5.75 Å². The van der Waals surface area contributed by atoms with E-state index in [4.69, 9.17) is 14.2 Å². The summed E-state index contributed by atoms with van der Waals surface area (Å²) in [6, 6.07) is 6.47. The third-order valence-corrected chi connectivity index (χ3v) is 4.72. The maximum atomic E-state index is 12.8. The van der Waals surface area contributed by atoms with Crippen LogP contribution < -0.4 is 15.4 Å². The molecular formula is C21H29N3O5. The second kappa shape index (κ2) is 9.76. The van der Waals surface area contributed by atoms with E-state index < -0.39 is 12.0 Å². The van der Waals surface area contributed by atoms with Crippen LogP contribution in [0.4, 0.5) is 4.79 Å². The van der Waals surface area contributed by atoms with Crippen molar-refractivity contribution in [1.29, 1.82) is 0 Å². The third kappa shape index (κ3) is 5.48. The van der Waals surface area contributed by atoms with Crippen molar-refractivity contribution >= 4 is 12.0 Å². The Balaban J connectivity index is 1.92. The van der Waals surface area contributed by atoms with Gasteiger partial charge < -0.3 is 24.8 Å². The molecule has 0 saturated carbocycles. The summed E-state index contributed by atoms with van der Waals surface area (Å²) in [6.07, 6.45) is 0.0644. The van der Waals surface area contributed by atoms with Crippen molar-refractivity contribution < 1.29 is 23.8 Å². The third-order valence-electron chi connectivity index (χ3n) is 4.72. The average Bonchev–Trinajstić information content (AvgIpc) is 2.68. The maximum Gasteiger partial charge on any atom is 0.338 e. The standard InChI is InChI=1S/C21H29N3O5/c1-4-28-20(25)18-17(13-24-9-11-27-12-10-24)22-21(26)23-19(18)15-5-7-16(8-6-15)29-14(2)3/h5-8,14,19H,4,9-13H2,1-3H3,(H2,22,23,26)/t19-/m0/s1. The molecule has 1 aromatic carbocycles. The van der Waals surface area contributed by atoms with Gasteiger partial charge in [0.25, 0.3) is 0 Å². The number of carbonyl (C=O) groups is 2.